The largest absolute Gasteiger partial charge is 0.480 e. The summed E-state index contributed by atoms with van der Waals surface area (Å²) in [5.74, 6) is -0.0907. The van der Waals surface area contributed by atoms with E-state index in [2.05, 4.69) is 20.9 Å². The number of nitrogens with zero attached hydrogens (tertiary/aromatic N) is 3. The summed E-state index contributed by atoms with van der Waals surface area (Å²) in [6, 6.07) is -0.719. The summed E-state index contributed by atoms with van der Waals surface area (Å²) in [7, 11) is 1.86. The highest BCUT2D eigenvalue weighted by Gasteiger charge is 2.33. The van der Waals surface area contributed by atoms with Gasteiger partial charge in [-0.2, -0.15) is 0 Å². The summed E-state index contributed by atoms with van der Waals surface area (Å²) < 4.78 is 7.81. The molecule has 1 unspecified atom stereocenters. The number of hydrogen-bond donors (Lipinski definition) is 1. The second-order valence-corrected chi connectivity index (χ2v) is 5.03. The van der Waals surface area contributed by atoms with Crippen LogP contribution >= 0.6 is 15.9 Å². The maximum absolute atomic E-state index is 11.5. The molecule has 100 valence electrons. The van der Waals surface area contributed by atoms with Crippen LogP contribution in [0.5, 0.6) is 0 Å². The van der Waals surface area contributed by atoms with E-state index in [4.69, 9.17) is 4.74 Å². The third-order valence-corrected chi connectivity index (χ3v) is 4.12. The van der Waals surface area contributed by atoms with Crippen LogP contribution in [0.2, 0.25) is 0 Å². The molecule has 1 aliphatic heterocycles. The monoisotopic (exact) mass is 317 g/mol. The second kappa shape index (κ2) is 5.38. The van der Waals surface area contributed by atoms with Gasteiger partial charge in [0.1, 0.15) is 16.1 Å². The molecule has 1 saturated heterocycles. The van der Waals surface area contributed by atoms with E-state index in [1.165, 1.54) is 0 Å². The van der Waals surface area contributed by atoms with Crippen molar-refractivity contribution in [3.63, 3.8) is 0 Å². The summed E-state index contributed by atoms with van der Waals surface area (Å²) in [5.41, 5.74) is 0.560. The molecule has 0 radical (unpaired) electrons. The standard InChI is InChI=1S/C11H16BrN3O3/c1-7-13-8(10(12)14(7)2)9(11(16)17)15-3-5-18-6-4-15/h9H,3-6H2,1-2H3,(H,16,17). The lowest BCUT2D eigenvalue weighted by atomic mass is 10.2. The molecular weight excluding hydrogens is 302 g/mol. The van der Waals surface area contributed by atoms with Crippen LogP contribution in [0.15, 0.2) is 4.60 Å². The Bertz CT molecular complexity index is 455. The SMILES string of the molecule is Cc1nc(C(C(=O)O)N2CCOCC2)c(Br)n1C. The smallest absolute Gasteiger partial charge is 0.327 e. The van der Waals surface area contributed by atoms with E-state index in [1.807, 2.05) is 23.4 Å². The van der Waals surface area contributed by atoms with Gasteiger partial charge in [0.05, 0.1) is 13.2 Å². The zero-order chi connectivity index (χ0) is 13.3. The van der Waals surface area contributed by atoms with Gasteiger partial charge in [-0.1, -0.05) is 0 Å². The van der Waals surface area contributed by atoms with Crippen molar-refractivity contribution in [1.82, 2.24) is 14.5 Å². The van der Waals surface area contributed by atoms with Crippen LogP contribution in [-0.4, -0.2) is 51.8 Å². The summed E-state index contributed by atoms with van der Waals surface area (Å²) in [5, 5.41) is 9.45. The molecular formula is C11H16BrN3O3. The quantitative estimate of drug-likeness (QED) is 0.899. The van der Waals surface area contributed by atoms with Crippen molar-refractivity contribution in [2.24, 2.45) is 7.05 Å². The van der Waals surface area contributed by atoms with Gasteiger partial charge in [-0.05, 0) is 22.9 Å². The number of rotatable bonds is 3. The number of aryl methyl sites for hydroxylation is 1. The fourth-order valence-corrected chi connectivity index (χ4v) is 2.63. The number of imidazole rings is 1. The molecule has 7 heteroatoms. The molecule has 0 amide bonds. The Labute approximate surface area is 114 Å². The van der Waals surface area contributed by atoms with Crippen LogP contribution in [0.1, 0.15) is 17.6 Å². The van der Waals surface area contributed by atoms with E-state index < -0.39 is 12.0 Å². The van der Waals surface area contributed by atoms with Crippen LogP contribution in [0.3, 0.4) is 0 Å². The second-order valence-electron chi connectivity index (χ2n) is 4.28. The molecule has 0 aromatic carbocycles. The molecule has 2 rings (SSSR count). The molecule has 1 atom stereocenters. The number of carboxylic acids is 1. The molecule has 1 aliphatic rings. The lowest BCUT2D eigenvalue weighted by molar-refractivity contribution is -0.145. The van der Waals surface area contributed by atoms with Crippen LogP contribution in [0.25, 0.3) is 0 Å². The third-order valence-electron chi connectivity index (χ3n) is 3.18. The van der Waals surface area contributed by atoms with Gasteiger partial charge in [0.2, 0.25) is 0 Å². The fourth-order valence-electron chi connectivity index (χ4n) is 2.07. The van der Waals surface area contributed by atoms with Gasteiger partial charge in [-0.25, -0.2) is 4.98 Å². The van der Waals surface area contributed by atoms with Crippen molar-refractivity contribution in [3.8, 4) is 0 Å². The Morgan fingerprint density at radius 3 is 2.56 bits per heavy atom. The van der Waals surface area contributed by atoms with Crippen molar-refractivity contribution >= 4 is 21.9 Å². The number of morpholine rings is 1. The molecule has 0 aliphatic carbocycles. The fraction of sp³-hybridized carbons (Fsp3) is 0.636. The molecule has 2 heterocycles. The maximum atomic E-state index is 11.5. The van der Waals surface area contributed by atoms with Gasteiger partial charge in [0.15, 0.2) is 6.04 Å². The first-order valence-corrected chi connectivity index (χ1v) is 6.55. The van der Waals surface area contributed by atoms with Crippen LogP contribution in [0, 0.1) is 6.92 Å². The molecule has 1 aromatic heterocycles. The van der Waals surface area contributed by atoms with E-state index in [9.17, 15) is 9.90 Å². The Morgan fingerprint density at radius 1 is 1.50 bits per heavy atom. The lowest BCUT2D eigenvalue weighted by Gasteiger charge is -2.31. The summed E-state index contributed by atoms with van der Waals surface area (Å²) in [6.07, 6.45) is 0. The van der Waals surface area contributed by atoms with Gasteiger partial charge >= 0.3 is 5.97 Å². The van der Waals surface area contributed by atoms with Gasteiger partial charge in [0.25, 0.3) is 0 Å². The van der Waals surface area contributed by atoms with E-state index in [1.54, 1.807) is 0 Å². The van der Waals surface area contributed by atoms with Crippen molar-refractivity contribution in [1.29, 1.82) is 0 Å². The average molecular weight is 318 g/mol. The predicted octanol–water partition coefficient (Wildman–Crippen LogP) is 0.949. The minimum Gasteiger partial charge on any atom is -0.480 e. The summed E-state index contributed by atoms with van der Waals surface area (Å²) >= 11 is 3.42. The predicted molar refractivity (Wildman–Crippen MR) is 68.4 cm³/mol. The molecule has 0 spiro atoms. The minimum absolute atomic E-state index is 0.560. The summed E-state index contributed by atoms with van der Waals surface area (Å²) in [4.78, 5) is 17.8. The zero-order valence-corrected chi connectivity index (χ0v) is 12.0. The highest BCUT2D eigenvalue weighted by atomic mass is 79.9. The Kier molecular flexibility index (Phi) is 4.04. The van der Waals surface area contributed by atoms with E-state index in [-0.39, 0.29) is 0 Å². The first-order valence-electron chi connectivity index (χ1n) is 5.75. The number of carboxylic acid groups (broad SMARTS) is 1. The first-order chi connectivity index (χ1) is 8.52. The average Bonchev–Trinajstić information content (AvgIpc) is 2.59. The van der Waals surface area contributed by atoms with Gasteiger partial charge in [-0.15, -0.1) is 0 Å². The molecule has 1 aromatic rings. The van der Waals surface area contributed by atoms with Crippen molar-refractivity contribution in [2.75, 3.05) is 26.3 Å². The van der Waals surface area contributed by atoms with Gasteiger partial charge in [-0.3, -0.25) is 9.69 Å². The number of halogens is 1. The normalized spacial score (nSPS) is 18.8. The highest BCUT2D eigenvalue weighted by Crippen LogP contribution is 2.28. The van der Waals surface area contributed by atoms with Crippen LogP contribution < -0.4 is 0 Å². The molecule has 0 bridgehead atoms. The molecule has 18 heavy (non-hydrogen) atoms. The van der Waals surface area contributed by atoms with E-state index in [0.717, 1.165) is 10.4 Å². The lowest BCUT2D eigenvalue weighted by Crippen LogP contribution is -2.42. The first kappa shape index (κ1) is 13.5. The third kappa shape index (κ3) is 2.43. The Balaban J connectivity index is 2.34. The summed E-state index contributed by atoms with van der Waals surface area (Å²) in [6.45, 7) is 4.20. The molecule has 6 nitrogen and oxygen atoms in total. The van der Waals surface area contributed by atoms with E-state index >= 15 is 0 Å². The highest BCUT2D eigenvalue weighted by molar-refractivity contribution is 9.10. The number of hydrogen-bond acceptors (Lipinski definition) is 4. The molecule has 0 saturated carbocycles. The van der Waals surface area contributed by atoms with Gasteiger partial charge in [0, 0.05) is 20.1 Å². The number of ether oxygens (including phenoxy) is 1. The zero-order valence-electron chi connectivity index (χ0n) is 10.4. The van der Waals surface area contributed by atoms with Crippen molar-refractivity contribution < 1.29 is 14.6 Å². The number of aromatic nitrogens is 2. The molecule has 1 fully saturated rings. The van der Waals surface area contributed by atoms with Crippen LogP contribution in [0.4, 0.5) is 0 Å². The van der Waals surface area contributed by atoms with Gasteiger partial charge < -0.3 is 14.4 Å². The number of aliphatic carboxylic acids is 1. The Hall–Kier alpha value is -0.920. The minimum atomic E-state index is -0.879. The molecule has 1 N–H and O–H groups in total. The van der Waals surface area contributed by atoms with E-state index in [0.29, 0.717) is 32.0 Å². The Morgan fingerprint density at radius 2 is 2.11 bits per heavy atom. The van der Waals surface area contributed by atoms with Crippen molar-refractivity contribution in [2.45, 2.75) is 13.0 Å². The number of carbonyl (C=O) groups is 1. The maximum Gasteiger partial charge on any atom is 0.327 e. The van der Waals surface area contributed by atoms with Crippen molar-refractivity contribution in [3.05, 3.63) is 16.1 Å². The van der Waals surface area contributed by atoms with Crippen LogP contribution in [-0.2, 0) is 16.6 Å². The topological polar surface area (TPSA) is 67.6 Å².